The zero-order valence-corrected chi connectivity index (χ0v) is 16.7. The van der Waals surface area contributed by atoms with Gasteiger partial charge in [-0.05, 0) is 50.7 Å². The minimum Gasteiger partial charge on any atom is -0.455 e. The lowest BCUT2D eigenvalue weighted by atomic mass is 10.0. The van der Waals surface area contributed by atoms with Crippen molar-refractivity contribution in [3.05, 3.63) is 51.7 Å². The normalized spacial score (nSPS) is 15.7. The molecule has 0 saturated heterocycles. The molecule has 1 fully saturated rings. The highest BCUT2D eigenvalue weighted by atomic mass is 16.6. The lowest BCUT2D eigenvalue weighted by Crippen LogP contribution is -2.36. The molecular weight excluding hydrogens is 390 g/mol. The summed E-state index contributed by atoms with van der Waals surface area (Å²) in [4.78, 5) is 48.4. The maximum atomic E-state index is 12.6. The predicted molar refractivity (Wildman–Crippen MR) is 107 cm³/mol. The zero-order chi connectivity index (χ0) is 21.5. The summed E-state index contributed by atoms with van der Waals surface area (Å²) in [5.74, 6) is -1.22. The van der Waals surface area contributed by atoms with Crippen molar-refractivity contribution in [2.45, 2.75) is 51.0 Å². The fraction of sp³-hybridized carbons (Fsp3) is 0.476. The second-order valence-electron chi connectivity index (χ2n) is 7.41. The molecule has 0 spiro atoms. The summed E-state index contributed by atoms with van der Waals surface area (Å²) in [6, 6.07) is 5.39. The lowest BCUT2D eigenvalue weighted by molar-refractivity contribution is -0.384. The molecule has 0 unspecified atom stereocenters. The van der Waals surface area contributed by atoms with Crippen molar-refractivity contribution in [3.63, 3.8) is 0 Å². The molecule has 3 rings (SSSR count). The van der Waals surface area contributed by atoms with E-state index in [0.29, 0.717) is 0 Å². The molecule has 0 aromatic heterocycles. The molecule has 0 atom stereocenters. The van der Waals surface area contributed by atoms with Gasteiger partial charge in [-0.1, -0.05) is 6.08 Å². The third kappa shape index (κ3) is 5.88. The SMILES string of the molecule is O=C(CCNC(=O)c1ccc([N+](=O)[O-])cc1)OCC(=O)N(C1=CCCCC1)C1CC1. The summed E-state index contributed by atoms with van der Waals surface area (Å²) in [5, 5.41) is 13.2. The Morgan fingerprint density at radius 3 is 2.50 bits per heavy atom. The van der Waals surface area contributed by atoms with Gasteiger partial charge in [0.15, 0.2) is 6.61 Å². The maximum absolute atomic E-state index is 12.6. The van der Waals surface area contributed by atoms with E-state index in [-0.39, 0.29) is 42.8 Å². The Hall–Kier alpha value is -3.23. The van der Waals surface area contributed by atoms with Crippen LogP contribution in [0.2, 0.25) is 0 Å². The highest BCUT2D eigenvalue weighted by molar-refractivity contribution is 5.94. The molecule has 2 aliphatic rings. The average Bonchev–Trinajstić information content (AvgIpc) is 3.58. The van der Waals surface area contributed by atoms with Gasteiger partial charge in [-0.25, -0.2) is 0 Å². The molecule has 1 aromatic rings. The number of ether oxygens (including phenoxy) is 1. The molecule has 30 heavy (non-hydrogen) atoms. The minimum atomic E-state index is -0.569. The number of hydrogen-bond donors (Lipinski definition) is 1. The number of non-ortho nitro benzene ring substituents is 1. The standard InChI is InChI=1S/C21H25N3O6/c25-19(23(17-10-11-17)16-4-2-1-3-5-16)14-30-20(26)12-13-22-21(27)15-6-8-18(9-7-15)24(28)29/h4,6-9,17H,1-3,5,10-14H2,(H,22,27). The fourth-order valence-corrected chi connectivity index (χ4v) is 3.37. The Kier molecular flexibility index (Phi) is 7.16. The summed E-state index contributed by atoms with van der Waals surface area (Å²) in [7, 11) is 0. The molecular formula is C21H25N3O6. The van der Waals surface area contributed by atoms with Crippen LogP contribution in [0.25, 0.3) is 0 Å². The summed E-state index contributed by atoms with van der Waals surface area (Å²) >= 11 is 0. The Balaban J connectivity index is 1.40. The minimum absolute atomic E-state index is 0.0420. The van der Waals surface area contributed by atoms with Gasteiger partial charge in [-0.15, -0.1) is 0 Å². The van der Waals surface area contributed by atoms with Crippen LogP contribution in [0.4, 0.5) is 5.69 Å². The van der Waals surface area contributed by atoms with Crippen LogP contribution in [-0.4, -0.2) is 46.8 Å². The second-order valence-corrected chi connectivity index (χ2v) is 7.41. The Morgan fingerprint density at radius 2 is 1.90 bits per heavy atom. The second kappa shape index (κ2) is 10.00. The van der Waals surface area contributed by atoms with E-state index >= 15 is 0 Å². The van der Waals surface area contributed by atoms with Gasteiger partial charge in [0.1, 0.15) is 0 Å². The molecule has 0 heterocycles. The molecule has 0 aliphatic heterocycles. The van der Waals surface area contributed by atoms with Gasteiger partial charge in [-0.2, -0.15) is 0 Å². The van der Waals surface area contributed by atoms with E-state index in [0.717, 1.165) is 44.2 Å². The predicted octanol–water partition coefficient (Wildman–Crippen LogP) is 2.71. The molecule has 0 radical (unpaired) electrons. The van der Waals surface area contributed by atoms with Crippen molar-refractivity contribution in [1.29, 1.82) is 0 Å². The van der Waals surface area contributed by atoms with Crippen LogP contribution in [0.15, 0.2) is 36.0 Å². The monoisotopic (exact) mass is 415 g/mol. The number of amides is 2. The van der Waals surface area contributed by atoms with Crippen LogP contribution in [-0.2, 0) is 14.3 Å². The van der Waals surface area contributed by atoms with E-state index in [2.05, 4.69) is 11.4 Å². The van der Waals surface area contributed by atoms with Gasteiger partial charge in [-0.3, -0.25) is 24.5 Å². The van der Waals surface area contributed by atoms with E-state index in [9.17, 15) is 24.5 Å². The number of nitrogens with zero attached hydrogens (tertiary/aromatic N) is 2. The molecule has 9 nitrogen and oxygen atoms in total. The third-order valence-corrected chi connectivity index (χ3v) is 5.07. The number of nitro benzene ring substituents is 1. The number of benzene rings is 1. The van der Waals surface area contributed by atoms with Gasteiger partial charge in [0.25, 0.3) is 17.5 Å². The molecule has 1 N–H and O–H groups in total. The van der Waals surface area contributed by atoms with Crippen molar-refractivity contribution in [1.82, 2.24) is 10.2 Å². The molecule has 160 valence electrons. The first-order valence-corrected chi connectivity index (χ1v) is 10.1. The van der Waals surface area contributed by atoms with Gasteiger partial charge in [0.2, 0.25) is 0 Å². The van der Waals surface area contributed by atoms with Gasteiger partial charge < -0.3 is 15.0 Å². The Morgan fingerprint density at radius 1 is 1.17 bits per heavy atom. The summed E-state index contributed by atoms with van der Waals surface area (Å²) in [5.41, 5.74) is 1.19. The first-order chi connectivity index (χ1) is 14.5. The molecule has 0 bridgehead atoms. The smallest absolute Gasteiger partial charge is 0.308 e. The lowest BCUT2D eigenvalue weighted by Gasteiger charge is -2.27. The number of allylic oxidation sites excluding steroid dienone is 2. The molecule has 2 aliphatic carbocycles. The molecule has 1 saturated carbocycles. The zero-order valence-electron chi connectivity index (χ0n) is 16.7. The van der Waals surface area contributed by atoms with Crippen LogP contribution in [0.3, 0.4) is 0 Å². The van der Waals surface area contributed by atoms with Crippen LogP contribution in [0.1, 0.15) is 55.3 Å². The van der Waals surface area contributed by atoms with Crippen LogP contribution < -0.4 is 5.32 Å². The topological polar surface area (TPSA) is 119 Å². The number of hydrogen-bond acceptors (Lipinski definition) is 6. The maximum Gasteiger partial charge on any atom is 0.308 e. The number of carbonyl (C=O) groups excluding carboxylic acids is 3. The molecule has 9 heteroatoms. The van der Waals surface area contributed by atoms with E-state index in [1.807, 2.05) is 0 Å². The van der Waals surface area contributed by atoms with E-state index < -0.39 is 16.8 Å². The number of esters is 1. The van der Waals surface area contributed by atoms with Gasteiger partial charge >= 0.3 is 5.97 Å². The fourth-order valence-electron chi connectivity index (χ4n) is 3.37. The van der Waals surface area contributed by atoms with Crippen molar-refractivity contribution < 1.29 is 24.0 Å². The van der Waals surface area contributed by atoms with E-state index in [1.54, 1.807) is 4.90 Å². The van der Waals surface area contributed by atoms with Crippen molar-refractivity contribution in [2.24, 2.45) is 0 Å². The van der Waals surface area contributed by atoms with Crippen LogP contribution in [0, 0.1) is 10.1 Å². The summed E-state index contributed by atoms with van der Waals surface area (Å²) < 4.78 is 5.10. The highest BCUT2D eigenvalue weighted by Crippen LogP contribution is 2.33. The summed E-state index contributed by atoms with van der Waals surface area (Å²) in [6.07, 6.45) is 8.04. The third-order valence-electron chi connectivity index (χ3n) is 5.07. The largest absolute Gasteiger partial charge is 0.455 e. The van der Waals surface area contributed by atoms with E-state index in [4.69, 9.17) is 4.74 Å². The van der Waals surface area contributed by atoms with E-state index in [1.165, 1.54) is 24.3 Å². The first-order valence-electron chi connectivity index (χ1n) is 10.1. The van der Waals surface area contributed by atoms with Crippen molar-refractivity contribution in [2.75, 3.05) is 13.2 Å². The first kappa shape index (κ1) is 21.5. The quantitative estimate of drug-likeness (QED) is 0.376. The molecule has 2 amide bonds. The van der Waals surface area contributed by atoms with Gasteiger partial charge in [0.05, 0.1) is 11.3 Å². The molecule has 1 aromatic carbocycles. The Labute approximate surface area is 174 Å². The highest BCUT2D eigenvalue weighted by Gasteiger charge is 2.35. The number of rotatable bonds is 9. The average molecular weight is 415 g/mol. The Bertz CT molecular complexity index is 845. The van der Waals surface area contributed by atoms with Gasteiger partial charge in [0, 0.05) is 36.0 Å². The van der Waals surface area contributed by atoms with Crippen LogP contribution >= 0.6 is 0 Å². The summed E-state index contributed by atoms with van der Waals surface area (Å²) in [6.45, 7) is -0.261. The van der Waals surface area contributed by atoms with Crippen molar-refractivity contribution >= 4 is 23.5 Å². The van der Waals surface area contributed by atoms with Crippen LogP contribution in [0.5, 0.6) is 0 Å². The number of nitro groups is 1. The number of nitrogens with one attached hydrogen (secondary N) is 1. The van der Waals surface area contributed by atoms with Crippen molar-refractivity contribution in [3.8, 4) is 0 Å². The number of carbonyl (C=O) groups is 3.